The van der Waals surface area contributed by atoms with Gasteiger partial charge in [0.05, 0.1) is 5.69 Å². The molecule has 2 rings (SSSR count). The maximum Gasteiger partial charge on any atom is 0.359 e. The lowest BCUT2D eigenvalue weighted by Crippen LogP contribution is -2.27. The first-order valence-corrected chi connectivity index (χ1v) is 5.32. The van der Waals surface area contributed by atoms with E-state index in [9.17, 15) is 8.42 Å². The van der Waals surface area contributed by atoms with Crippen molar-refractivity contribution in [2.75, 3.05) is 10.8 Å². The van der Waals surface area contributed by atoms with Crippen molar-refractivity contribution in [2.45, 2.75) is 6.42 Å². The fourth-order valence-corrected chi connectivity index (χ4v) is 2.30. The molecule has 1 N–H and O–H groups in total. The molecule has 0 saturated carbocycles. The van der Waals surface area contributed by atoms with Crippen LogP contribution in [0.4, 0.5) is 5.69 Å². The third-order valence-corrected chi connectivity index (χ3v) is 3.06. The lowest BCUT2D eigenvalue weighted by Gasteiger charge is -2.13. The van der Waals surface area contributed by atoms with Gasteiger partial charge in [-0.1, -0.05) is 18.2 Å². The summed E-state index contributed by atoms with van der Waals surface area (Å²) in [5, 5.41) is 0. The number of benzene rings is 1. The number of hydrogen-bond donors (Lipinski definition) is 1. The zero-order chi connectivity index (χ0) is 9.47. The van der Waals surface area contributed by atoms with E-state index >= 15 is 0 Å². The van der Waals surface area contributed by atoms with Gasteiger partial charge >= 0.3 is 10.3 Å². The number of para-hydroxylation sites is 1. The lowest BCUT2D eigenvalue weighted by atomic mass is 10.2. The fraction of sp³-hybridized carbons (Fsp3) is 0.250. The Morgan fingerprint density at radius 3 is 2.69 bits per heavy atom. The molecule has 1 aromatic carbocycles. The molecule has 0 atom stereocenters. The normalized spacial score (nSPS) is 15.9. The van der Waals surface area contributed by atoms with Crippen LogP contribution in [0.5, 0.6) is 0 Å². The van der Waals surface area contributed by atoms with Crippen LogP contribution in [0, 0.1) is 0 Å². The van der Waals surface area contributed by atoms with Crippen LogP contribution in [0.25, 0.3) is 0 Å². The van der Waals surface area contributed by atoms with Gasteiger partial charge in [0, 0.05) is 6.54 Å². The molecular weight excluding hydrogens is 190 g/mol. The van der Waals surface area contributed by atoms with Crippen LogP contribution in [0.2, 0.25) is 0 Å². The van der Waals surface area contributed by atoms with Crippen molar-refractivity contribution in [1.82, 2.24) is 0 Å². The van der Waals surface area contributed by atoms with Crippen LogP contribution < -0.4 is 4.31 Å². The van der Waals surface area contributed by atoms with E-state index in [0.717, 1.165) is 9.87 Å². The molecule has 1 aliphatic rings. The first-order chi connectivity index (χ1) is 6.09. The van der Waals surface area contributed by atoms with Crippen LogP contribution in [0.1, 0.15) is 5.56 Å². The molecule has 13 heavy (non-hydrogen) atoms. The number of rotatable bonds is 1. The molecule has 0 aromatic heterocycles. The second-order valence-electron chi connectivity index (χ2n) is 2.93. The first kappa shape index (κ1) is 8.52. The average molecular weight is 199 g/mol. The Balaban J connectivity index is 2.51. The SMILES string of the molecule is O=S(=O)(O)N1CCc2ccccc21. The van der Waals surface area contributed by atoms with E-state index < -0.39 is 10.3 Å². The van der Waals surface area contributed by atoms with E-state index in [-0.39, 0.29) is 0 Å². The second-order valence-corrected chi connectivity index (χ2v) is 4.27. The summed E-state index contributed by atoms with van der Waals surface area (Å²) in [4.78, 5) is 0. The van der Waals surface area contributed by atoms with Gasteiger partial charge < -0.3 is 0 Å². The van der Waals surface area contributed by atoms with Crippen molar-refractivity contribution in [2.24, 2.45) is 0 Å². The maximum atomic E-state index is 10.9. The average Bonchev–Trinajstić information content (AvgIpc) is 2.45. The van der Waals surface area contributed by atoms with E-state index in [1.54, 1.807) is 12.1 Å². The molecule has 5 heteroatoms. The van der Waals surface area contributed by atoms with E-state index in [2.05, 4.69) is 0 Å². The molecule has 0 bridgehead atoms. The van der Waals surface area contributed by atoms with Gasteiger partial charge in [-0.15, -0.1) is 0 Å². The smallest absolute Gasteiger partial charge is 0.269 e. The Morgan fingerprint density at radius 2 is 2.00 bits per heavy atom. The minimum absolute atomic E-state index is 0.332. The Kier molecular flexibility index (Phi) is 1.78. The van der Waals surface area contributed by atoms with Crippen molar-refractivity contribution in [3.63, 3.8) is 0 Å². The van der Waals surface area contributed by atoms with E-state index in [1.165, 1.54) is 0 Å². The van der Waals surface area contributed by atoms with Crippen LogP contribution >= 0.6 is 0 Å². The topological polar surface area (TPSA) is 57.6 Å². The number of anilines is 1. The third-order valence-electron chi connectivity index (χ3n) is 2.12. The molecule has 4 nitrogen and oxygen atoms in total. The highest BCUT2D eigenvalue weighted by Crippen LogP contribution is 2.28. The lowest BCUT2D eigenvalue weighted by molar-refractivity contribution is 0.479. The Morgan fingerprint density at radius 1 is 1.31 bits per heavy atom. The van der Waals surface area contributed by atoms with Crippen molar-refractivity contribution >= 4 is 16.0 Å². The van der Waals surface area contributed by atoms with Crippen LogP contribution in [-0.2, 0) is 16.7 Å². The Hall–Kier alpha value is -1.07. The van der Waals surface area contributed by atoms with Crippen molar-refractivity contribution in [3.05, 3.63) is 29.8 Å². The van der Waals surface area contributed by atoms with Gasteiger partial charge in [-0.3, -0.25) is 4.55 Å². The molecule has 1 aliphatic heterocycles. The summed E-state index contributed by atoms with van der Waals surface area (Å²) in [6.45, 7) is 0.332. The van der Waals surface area contributed by atoms with Gasteiger partial charge in [0.2, 0.25) is 0 Å². The maximum absolute atomic E-state index is 10.9. The van der Waals surface area contributed by atoms with Crippen molar-refractivity contribution < 1.29 is 13.0 Å². The van der Waals surface area contributed by atoms with Crippen LogP contribution in [0.3, 0.4) is 0 Å². The monoisotopic (exact) mass is 199 g/mol. The number of hydrogen-bond acceptors (Lipinski definition) is 2. The van der Waals surface area contributed by atoms with Gasteiger partial charge in [-0.25, -0.2) is 4.31 Å². The quantitative estimate of drug-likeness (QED) is 0.682. The summed E-state index contributed by atoms with van der Waals surface area (Å²) < 4.78 is 31.6. The van der Waals surface area contributed by atoms with Crippen LogP contribution in [-0.4, -0.2) is 19.5 Å². The van der Waals surface area contributed by atoms with Gasteiger partial charge in [-0.2, -0.15) is 8.42 Å². The van der Waals surface area contributed by atoms with Crippen molar-refractivity contribution in [1.29, 1.82) is 0 Å². The second kappa shape index (κ2) is 2.71. The van der Waals surface area contributed by atoms with E-state index in [0.29, 0.717) is 18.7 Å². The standard InChI is InChI=1S/C8H9NO3S/c10-13(11,12)9-6-5-7-3-1-2-4-8(7)9/h1-4H,5-6H2,(H,10,11,12). The highest BCUT2D eigenvalue weighted by atomic mass is 32.2. The van der Waals surface area contributed by atoms with Crippen molar-refractivity contribution in [3.8, 4) is 0 Å². The number of fused-ring (bicyclic) bond motifs is 1. The molecule has 0 unspecified atom stereocenters. The van der Waals surface area contributed by atoms with Gasteiger partial charge in [0.15, 0.2) is 0 Å². The third kappa shape index (κ3) is 1.40. The first-order valence-electron chi connectivity index (χ1n) is 3.92. The Labute approximate surface area is 76.7 Å². The summed E-state index contributed by atoms with van der Waals surface area (Å²) in [5.41, 5.74) is 1.55. The molecule has 0 amide bonds. The summed E-state index contributed by atoms with van der Waals surface area (Å²) in [6, 6.07) is 7.16. The summed E-state index contributed by atoms with van der Waals surface area (Å²) >= 11 is 0. The predicted octanol–water partition coefficient (Wildman–Crippen LogP) is 0.852. The molecule has 1 heterocycles. The minimum atomic E-state index is -4.08. The highest BCUT2D eigenvalue weighted by Gasteiger charge is 2.26. The minimum Gasteiger partial charge on any atom is -0.269 e. The van der Waals surface area contributed by atoms with E-state index in [1.807, 2.05) is 12.1 Å². The van der Waals surface area contributed by atoms with Gasteiger partial charge in [0.25, 0.3) is 0 Å². The highest BCUT2D eigenvalue weighted by molar-refractivity contribution is 7.87. The summed E-state index contributed by atoms with van der Waals surface area (Å²) in [5.74, 6) is 0. The zero-order valence-corrected chi connectivity index (χ0v) is 7.66. The summed E-state index contributed by atoms with van der Waals surface area (Å²) in [7, 11) is -4.08. The van der Waals surface area contributed by atoms with Gasteiger partial charge in [-0.05, 0) is 18.1 Å². The molecule has 1 aromatic rings. The molecule has 0 saturated heterocycles. The number of nitrogens with zero attached hydrogens (tertiary/aromatic N) is 1. The molecular formula is C8H9NO3S. The summed E-state index contributed by atoms with van der Waals surface area (Å²) in [6.07, 6.45) is 0.663. The largest absolute Gasteiger partial charge is 0.359 e. The Bertz CT molecular complexity index is 427. The molecule has 0 radical (unpaired) electrons. The van der Waals surface area contributed by atoms with Crippen LogP contribution in [0.15, 0.2) is 24.3 Å². The fourth-order valence-electron chi connectivity index (χ4n) is 1.55. The molecule has 0 fully saturated rings. The molecule has 70 valence electrons. The zero-order valence-electron chi connectivity index (χ0n) is 6.84. The van der Waals surface area contributed by atoms with E-state index in [4.69, 9.17) is 4.55 Å². The van der Waals surface area contributed by atoms with Gasteiger partial charge in [0.1, 0.15) is 0 Å². The molecule has 0 spiro atoms. The molecule has 0 aliphatic carbocycles. The predicted molar refractivity (Wildman–Crippen MR) is 49.0 cm³/mol.